The fourth-order valence-electron chi connectivity index (χ4n) is 2.60. The fraction of sp³-hybridized carbons (Fsp3) is 0.600. The summed E-state index contributed by atoms with van der Waals surface area (Å²) in [5.41, 5.74) is 0.743. The predicted molar refractivity (Wildman–Crippen MR) is 73.8 cm³/mol. The predicted octanol–water partition coefficient (Wildman–Crippen LogP) is 2.44. The molecule has 1 aliphatic heterocycles. The van der Waals surface area contributed by atoms with Gasteiger partial charge in [0.15, 0.2) is 0 Å². The van der Waals surface area contributed by atoms with Crippen molar-refractivity contribution < 1.29 is 13.5 Å². The molecule has 1 unspecified atom stereocenters. The van der Waals surface area contributed by atoms with Gasteiger partial charge in [0.25, 0.3) is 0 Å². The Bertz CT molecular complexity index is 468. The molecule has 0 radical (unpaired) electrons. The Balaban J connectivity index is 1.79. The maximum atomic E-state index is 14.3. The molecule has 1 saturated heterocycles. The lowest BCUT2D eigenvalue weighted by Crippen LogP contribution is -2.44. The third kappa shape index (κ3) is 2.94. The second-order valence-corrected chi connectivity index (χ2v) is 5.68. The Morgan fingerprint density at radius 1 is 1.30 bits per heavy atom. The maximum Gasteiger partial charge on any atom is 0.149 e. The van der Waals surface area contributed by atoms with Gasteiger partial charge in [0.2, 0.25) is 0 Å². The highest BCUT2D eigenvalue weighted by atomic mass is 19.1. The third-order valence-corrected chi connectivity index (χ3v) is 3.90. The van der Waals surface area contributed by atoms with Crippen molar-refractivity contribution in [3.8, 4) is 0 Å². The molecule has 110 valence electrons. The smallest absolute Gasteiger partial charge is 0.149 e. The van der Waals surface area contributed by atoms with E-state index in [2.05, 4.69) is 5.32 Å². The summed E-state index contributed by atoms with van der Waals surface area (Å²) in [6.07, 6.45) is 2.32. The van der Waals surface area contributed by atoms with Crippen molar-refractivity contribution >= 4 is 5.69 Å². The van der Waals surface area contributed by atoms with E-state index >= 15 is 0 Å². The maximum absolute atomic E-state index is 14.3. The first kappa shape index (κ1) is 13.8. The number of anilines is 1. The number of rotatable bonds is 4. The lowest BCUT2D eigenvalue weighted by Gasteiger charge is -2.35. The standard InChI is InChI=1S/C15H20F2N2O/c1-10-9-20-5-4-19(10)15-13(16)6-11(7-14(15)17)8-18-12-2-3-12/h6-7,10,12,18H,2-5,8-9H2,1H3. The van der Waals surface area contributed by atoms with Crippen LogP contribution in [0.2, 0.25) is 0 Å². The summed E-state index contributed by atoms with van der Waals surface area (Å²) in [5, 5.41) is 3.27. The van der Waals surface area contributed by atoms with Crippen LogP contribution in [-0.2, 0) is 11.3 Å². The molecule has 2 fully saturated rings. The number of nitrogens with one attached hydrogen (secondary N) is 1. The zero-order valence-corrected chi connectivity index (χ0v) is 11.7. The molecule has 1 aromatic carbocycles. The molecule has 1 N–H and O–H groups in total. The van der Waals surface area contributed by atoms with E-state index in [1.165, 1.54) is 12.1 Å². The Kier molecular flexibility index (Phi) is 3.89. The van der Waals surface area contributed by atoms with Crippen molar-refractivity contribution in [2.45, 2.75) is 38.4 Å². The quantitative estimate of drug-likeness (QED) is 0.918. The van der Waals surface area contributed by atoms with Crippen LogP contribution in [0.5, 0.6) is 0 Å². The van der Waals surface area contributed by atoms with Crippen LogP contribution in [0.1, 0.15) is 25.3 Å². The van der Waals surface area contributed by atoms with Crippen LogP contribution < -0.4 is 10.2 Å². The van der Waals surface area contributed by atoms with E-state index in [1.54, 1.807) is 4.90 Å². The number of morpholine rings is 1. The normalized spacial score (nSPS) is 23.1. The first-order chi connectivity index (χ1) is 9.65. The van der Waals surface area contributed by atoms with Crippen LogP contribution >= 0.6 is 0 Å². The minimum Gasteiger partial charge on any atom is -0.377 e. The summed E-state index contributed by atoms with van der Waals surface area (Å²) in [5.74, 6) is -0.960. The Hall–Kier alpha value is -1.20. The van der Waals surface area contributed by atoms with Crippen LogP contribution in [0.3, 0.4) is 0 Å². The van der Waals surface area contributed by atoms with Crippen molar-refractivity contribution in [2.75, 3.05) is 24.7 Å². The molecule has 1 heterocycles. The molecule has 0 amide bonds. The van der Waals surface area contributed by atoms with Gasteiger partial charge in [-0.15, -0.1) is 0 Å². The van der Waals surface area contributed by atoms with Crippen molar-refractivity contribution in [1.82, 2.24) is 5.32 Å². The highest BCUT2D eigenvalue weighted by Crippen LogP contribution is 2.28. The molecule has 1 aromatic rings. The van der Waals surface area contributed by atoms with Crippen LogP contribution in [0, 0.1) is 11.6 Å². The first-order valence-electron chi connectivity index (χ1n) is 7.21. The summed E-state index contributed by atoms with van der Waals surface area (Å²) in [7, 11) is 0. The Morgan fingerprint density at radius 2 is 2.00 bits per heavy atom. The number of benzene rings is 1. The van der Waals surface area contributed by atoms with Crippen molar-refractivity contribution in [3.05, 3.63) is 29.3 Å². The van der Waals surface area contributed by atoms with Gasteiger partial charge in [-0.3, -0.25) is 0 Å². The average molecular weight is 282 g/mol. The number of ether oxygens (including phenoxy) is 1. The third-order valence-electron chi connectivity index (χ3n) is 3.90. The number of hydrogen-bond acceptors (Lipinski definition) is 3. The molecule has 1 saturated carbocycles. The molecule has 5 heteroatoms. The van der Waals surface area contributed by atoms with E-state index in [-0.39, 0.29) is 11.7 Å². The second kappa shape index (κ2) is 5.66. The largest absolute Gasteiger partial charge is 0.377 e. The van der Waals surface area contributed by atoms with Gasteiger partial charge >= 0.3 is 0 Å². The summed E-state index contributed by atoms with van der Waals surface area (Å²) >= 11 is 0. The van der Waals surface area contributed by atoms with Gasteiger partial charge in [0, 0.05) is 25.2 Å². The number of nitrogens with zero attached hydrogens (tertiary/aromatic N) is 1. The minimum absolute atomic E-state index is 0.0109. The van der Waals surface area contributed by atoms with E-state index in [9.17, 15) is 8.78 Å². The molecular formula is C15H20F2N2O. The first-order valence-corrected chi connectivity index (χ1v) is 7.21. The molecular weight excluding hydrogens is 262 g/mol. The van der Waals surface area contributed by atoms with E-state index in [4.69, 9.17) is 4.74 Å². The second-order valence-electron chi connectivity index (χ2n) is 5.68. The molecule has 2 aliphatic rings. The van der Waals surface area contributed by atoms with Gasteiger partial charge in [0.05, 0.1) is 13.2 Å². The van der Waals surface area contributed by atoms with Gasteiger partial charge in [-0.1, -0.05) is 0 Å². The zero-order valence-electron chi connectivity index (χ0n) is 11.7. The van der Waals surface area contributed by atoms with E-state index in [0.29, 0.717) is 37.9 Å². The van der Waals surface area contributed by atoms with Crippen molar-refractivity contribution in [2.24, 2.45) is 0 Å². The molecule has 1 atom stereocenters. The summed E-state index contributed by atoms with van der Waals surface area (Å²) in [6.45, 7) is 3.98. The van der Waals surface area contributed by atoms with Crippen molar-refractivity contribution in [1.29, 1.82) is 0 Å². The number of halogens is 2. The monoisotopic (exact) mass is 282 g/mol. The molecule has 0 spiro atoms. The van der Waals surface area contributed by atoms with Gasteiger partial charge in [-0.05, 0) is 37.5 Å². The number of hydrogen-bond donors (Lipinski definition) is 1. The van der Waals surface area contributed by atoms with Gasteiger partial charge < -0.3 is 15.0 Å². The zero-order chi connectivity index (χ0) is 14.1. The van der Waals surface area contributed by atoms with Crippen LogP contribution in [0.25, 0.3) is 0 Å². The summed E-state index contributed by atoms with van der Waals surface area (Å²) in [6, 6.07) is 3.40. The Labute approximate surface area is 117 Å². The van der Waals surface area contributed by atoms with Gasteiger partial charge in [-0.2, -0.15) is 0 Å². The van der Waals surface area contributed by atoms with Gasteiger partial charge in [-0.25, -0.2) is 8.78 Å². The van der Waals surface area contributed by atoms with E-state index < -0.39 is 11.6 Å². The lowest BCUT2D eigenvalue weighted by molar-refractivity contribution is 0.0982. The topological polar surface area (TPSA) is 24.5 Å². The highest BCUT2D eigenvalue weighted by molar-refractivity contribution is 5.52. The highest BCUT2D eigenvalue weighted by Gasteiger charge is 2.26. The summed E-state index contributed by atoms with van der Waals surface area (Å²) in [4.78, 5) is 1.76. The van der Waals surface area contributed by atoms with Crippen LogP contribution in [-0.4, -0.2) is 31.8 Å². The molecule has 3 rings (SSSR count). The van der Waals surface area contributed by atoms with Crippen molar-refractivity contribution in [3.63, 3.8) is 0 Å². The molecule has 1 aliphatic carbocycles. The van der Waals surface area contributed by atoms with Gasteiger partial charge in [0.1, 0.15) is 17.3 Å². The molecule has 0 bridgehead atoms. The van der Waals surface area contributed by atoms with E-state index in [1.807, 2.05) is 6.92 Å². The fourth-order valence-corrected chi connectivity index (χ4v) is 2.60. The minimum atomic E-state index is -0.480. The SMILES string of the molecule is CC1COCCN1c1c(F)cc(CNC2CC2)cc1F. The molecule has 20 heavy (non-hydrogen) atoms. The molecule has 3 nitrogen and oxygen atoms in total. The van der Waals surface area contributed by atoms with Crippen LogP contribution in [0.4, 0.5) is 14.5 Å². The lowest BCUT2D eigenvalue weighted by atomic mass is 10.1. The van der Waals surface area contributed by atoms with Crippen LogP contribution in [0.15, 0.2) is 12.1 Å². The van der Waals surface area contributed by atoms with E-state index in [0.717, 1.165) is 12.8 Å². The molecule has 0 aromatic heterocycles. The Morgan fingerprint density at radius 3 is 2.60 bits per heavy atom. The summed E-state index contributed by atoms with van der Waals surface area (Å²) < 4.78 is 33.8. The average Bonchev–Trinajstić information content (AvgIpc) is 3.22.